The lowest BCUT2D eigenvalue weighted by Gasteiger charge is -2.14. The van der Waals surface area contributed by atoms with Crippen LogP contribution in [-0.2, 0) is 11.0 Å². The second-order valence-corrected chi connectivity index (χ2v) is 6.27. The van der Waals surface area contributed by atoms with Crippen molar-refractivity contribution in [1.82, 2.24) is 10.9 Å². The average Bonchev–Trinajstić information content (AvgIpc) is 3.06. The Kier molecular flexibility index (Phi) is 5.17. The zero-order chi connectivity index (χ0) is 18.9. The van der Waals surface area contributed by atoms with Crippen molar-refractivity contribution in [2.75, 3.05) is 5.32 Å². The standard InChI is InChI=1S/C17H14ClF4N3O/c18-12-6-3-10(17(20,21)22)7-14(12)23-16(26)15-8-13(24-25-15)9-1-4-11(19)5-2-9/h1-7,13,15,24-25H,8H2,(H,23,26). The Morgan fingerprint density at radius 3 is 2.46 bits per heavy atom. The van der Waals surface area contributed by atoms with E-state index in [1.165, 1.54) is 12.1 Å². The van der Waals surface area contributed by atoms with E-state index >= 15 is 0 Å². The molecular weight excluding hydrogens is 374 g/mol. The summed E-state index contributed by atoms with van der Waals surface area (Å²) in [6, 6.07) is 7.62. The summed E-state index contributed by atoms with van der Waals surface area (Å²) < 4.78 is 51.4. The van der Waals surface area contributed by atoms with Crippen LogP contribution in [0.25, 0.3) is 0 Å². The van der Waals surface area contributed by atoms with Crippen molar-refractivity contribution >= 4 is 23.2 Å². The summed E-state index contributed by atoms with van der Waals surface area (Å²) in [6.45, 7) is 0. The molecule has 3 rings (SSSR count). The maximum absolute atomic E-state index is 13.0. The predicted molar refractivity (Wildman–Crippen MR) is 88.9 cm³/mol. The van der Waals surface area contributed by atoms with Gasteiger partial charge in [0.05, 0.1) is 16.3 Å². The van der Waals surface area contributed by atoms with Crippen LogP contribution in [0, 0.1) is 5.82 Å². The first-order valence-electron chi connectivity index (χ1n) is 7.68. The number of hydrazine groups is 1. The Balaban J connectivity index is 1.68. The van der Waals surface area contributed by atoms with E-state index in [0.717, 1.165) is 23.8 Å². The van der Waals surface area contributed by atoms with Crippen LogP contribution in [0.3, 0.4) is 0 Å². The van der Waals surface area contributed by atoms with Gasteiger partial charge in [-0.1, -0.05) is 23.7 Å². The third kappa shape index (κ3) is 4.14. The number of rotatable bonds is 3. The summed E-state index contributed by atoms with van der Waals surface area (Å²) in [7, 11) is 0. The number of nitrogens with one attached hydrogen (secondary N) is 3. The zero-order valence-corrected chi connectivity index (χ0v) is 14.0. The average molecular weight is 388 g/mol. The molecule has 26 heavy (non-hydrogen) atoms. The summed E-state index contributed by atoms with van der Waals surface area (Å²) >= 11 is 5.88. The molecule has 2 atom stereocenters. The molecule has 0 bridgehead atoms. The highest BCUT2D eigenvalue weighted by Gasteiger charge is 2.33. The summed E-state index contributed by atoms with van der Waals surface area (Å²) in [5, 5.41) is 2.42. The van der Waals surface area contributed by atoms with Gasteiger partial charge in [0.25, 0.3) is 0 Å². The molecular formula is C17H14ClF4N3O. The van der Waals surface area contributed by atoms with Gasteiger partial charge < -0.3 is 5.32 Å². The normalized spacial score (nSPS) is 20.2. The molecule has 1 heterocycles. The molecule has 0 aromatic heterocycles. The number of benzene rings is 2. The first-order chi connectivity index (χ1) is 12.2. The van der Waals surface area contributed by atoms with E-state index in [0.29, 0.717) is 6.42 Å². The van der Waals surface area contributed by atoms with Gasteiger partial charge in [-0.25, -0.2) is 15.2 Å². The van der Waals surface area contributed by atoms with Crippen molar-refractivity contribution in [3.8, 4) is 0 Å². The maximum atomic E-state index is 13.0. The number of carbonyl (C=O) groups is 1. The number of hydrogen-bond acceptors (Lipinski definition) is 3. The first-order valence-corrected chi connectivity index (χ1v) is 8.06. The minimum absolute atomic E-state index is 0.00684. The van der Waals surface area contributed by atoms with Crippen LogP contribution in [0.4, 0.5) is 23.2 Å². The fourth-order valence-corrected chi connectivity index (χ4v) is 2.82. The number of halogens is 5. The minimum atomic E-state index is -4.54. The highest BCUT2D eigenvalue weighted by Crippen LogP contribution is 2.34. The molecule has 1 amide bonds. The molecule has 1 fully saturated rings. The van der Waals surface area contributed by atoms with Crippen LogP contribution in [-0.4, -0.2) is 11.9 Å². The van der Waals surface area contributed by atoms with E-state index in [9.17, 15) is 22.4 Å². The van der Waals surface area contributed by atoms with Gasteiger partial charge in [0.15, 0.2) is 0 Å². The molecule has 2 aromatic rings. The Morgan fingerprint density at radius 1 is 1.12 bits per heavy atom. The molecule has 0 spiro atoms. The largest absolute Gasteiger partial charge is 0.416 e. The molecule has 4 nitrogen and oxygen atoms in total. The van der Waals surface area contributed by atoms with E-state index in [1.54, 1.807) is 12.1 Å². The topological polar surface area (TPSA) is 53.2 Å². The van der Waals surface area contributed by atoms with Gasteiger partial charge in [-0.15, -0.1) is 0 Å². The van der Waals surface area contributed by atoms with Gasteiger partial charge in [-0.2, -0.15) is 13.2 Å². The molecule has 1 aliphatic heterocycles. The molecule has 1 aliphatic rings. The fraction of sp³-hybridized carbons (Fsp3) is 0.235. The summed E-state index contributed by atoms with van der Waals surface area (Å²) in [5.74, 6) is -0.892. The Hall–Kier alpha value is -2.16. The van der Waals surface area contributed by atoms with Gasteiger partial charge in [0.1, 0.15) is 11.9 Å². The van der Waals surface area contributed by atoms with E-state index < -0.39 is 23.7 Å². The second-order valence-electron chi connectivity index (χ2n) is 5.86. The van der Waals surface area contributed by atoms with Crippen LogP contribution in [0.15, 0.2) is 42.5 Å². The van der Waals surface area contributed by atoms with Crippen molar-refractivity contribution in [2.45, 2.75) is 24.7 Å². The number of carbonyl (C=O) groups excluding carboxylic acids is 1. The first kappa shape index (κ1) is 18.6. The highest BCUT2D eigenvalue weighted by molar-refractivity contribution is 6.33. The van der Waals surface area contributed by atoms with Crippen LogP contribution < -0.4 is 16.2 Å². The van der Waals surface area contributed by atoms with Gasteiger partial charge in [0.2, 0.25) is 5.91 Å². The van der Waals surface area contributed by atoms with E-state index in [-0.39, 0.29) is 22.6 Å². The Labute approximate surface area is 151 Å². The molecule has 0 aliphatic carbocycles. The second kappa shape index (κ2) is 7.22. The zero-order valence-electron chi connectivity index (χ0n) is 13.2. The monoisotopic (exact) mass is 387 g/mol. The SMILES string of the molecule is O=C(Nc1cc(C(F)(F)F)ccc1Cl)C1CC(c2ccc(F)cc2)NN1. The van der Waals surface area contributed by atoms with Crippen molar-refractivity contribution in [3.05, 3.63) is 64.4 Å². The minimum Gasteiger partial charge on any atom is -0.323 e. The van der Waals surface area contributed by atoms with E-state index in [1.807, 2.05) is 0 Å². The van der Waals surface area contributed by atoms with Crippen LogP contribution in [0.1, 0.15) is 23.6 Å². The van der Waals surface area contributed by atoms with Crippen LogP contribution >= 0.6 is 11.6 Å². The van der Waals surface area contributed by atoms with Crippen molar-refractivity contribution in [2.24, 2.45) is 0 Å². The van der Waals surface area contributed by atoms with E-state index in [2.05, 4.69) is 16.2 Å². The molecule has 2 aromatic carbocycles. The summed E-state index contributed by atoms with van der Waals surface area (Å²) in [5.41, 5.74) is 5.46. The number of alkyl halides is 3. The fourth-order valence-electron chi connectivity index (χ4n) is 2.66. The van der Waals surface area contributed by atoms with Gasteiger partial charge >= 0.3 is 6.18 Å². The predicted octanol–water partition coefficient (Wildman–Crippen LogP) is 4.04. The quantitative estimate of drug-likeness (QED) is 0.697. The molecule has 1 saturated heterocycles. The van der Waals surface area contributed by atoms with E-state index in [4.69, 9.17) is 11.6 Å². The lowest BCUT2D eigenvalue weighted by Crippen LogP contribution is -2.39. The van der Waals surface area contributed by atoms with Gasteiger partial charge in [0, 0.05) is 6.04 Å². The Bertz CT molecular complexity index is 811. The van der Waals surface area contributed by atoms with Crippen molar-refractivity contribution in [3.63, 3.8) is 0 Å². The lowest BCUT2D eigenvalue weighted by molar-refractivity contribution is -0.137. The number of anilines is 1. The molecule has 2 unspecified atom stereocenters. The molecule has 0 radical (unpaired) electrons. The molecule has 0 saturated carbocycles. The van der Waals surface area contributed by atoms with Crippen molar-refractivity contribution < 1.29 is 22.4 Å². The number of amides is 1. The number of hydrogen-bond donors (Lipinski definition) is 3. The lowest BCUT2D eigenvalue weighted by atomic mass is 10.0. The molecule has 9 heteroatoms. The van der Waals surface area contributed by atoms with Crippen LogP contribution in [0.5, 0.6) is 0 Å². The highest BCUT2D eigenvalue weighted by atomic mass is 35.5. The third-order valence-electron chi connectivity index (χ3n) is 4.04. The molecule has 3 N–H and O–H groups in total. The maximum Gasteiger partial charge on any atom is 0.416 e. The summed E-state index contributed by atoms with van der Waals surface area (Å²) in [6.07, 6.45) is -4.20. The van der Waals surface area contributed by atoms with Crippen LogP contribution in [0.2, 0.25) is 5.02 Å². The van der Waals surface area contributed by atoms with Crippen molar-refractivity contribution in [1.29, 1.82) is 0 Å². The van der Waals surface area contributed by atoms with Gasteiger partial charge in [-0.3, -0.25) is 4.79 Å². The third-order valence-corrected chi connectivity index (χ3v) is 4.37. The Morgan fingerprint density at radius 2 is 1.81 bits per heavy atom. The molecule has 138 valence electrons. The van der Waals surface area contributed by atoms with Gasteiger partial charge in [-0.05, 0) is 42.3 Å². The smallest absolute Gasteiger partial charge is 0.323 e. The summed E-state index contributed by atoms with van der Waals surface area (Å²) in [4.78, 5) is 12.3.